The molecule has 1 N–H and O–H groups in total. The first-order valence-electron chi connectivity index (χ1n) is 8.62. The molecule has 0 bridgehead atoms. The first-order valence-corrected chi connectivity index (χ1v) is 9.67. The number of hydrogen-bond donors (Lipinski definition) is 1. The summed E-state index contributed by atoms with van der Waals surface area (Å²) in [5.41, 5.74) is 3.67. The second-order valence-electron chi connectivity index (χ2n) is 6.48. The average molecular weight is 366 g/mol. The fourth-order valence-corrected chi connectivity index (χ4v) is 3.57. The van der Waals surface area contributed by atoms with Gasteiger partial charge in [0, 0.05) is 5.69 Å². The molecule has 2 aromatic rings. The second kappa shape index (κ2) is 8.23. The molecular formula is C21H22N2O2S. The van der Waals surface area contributed by atoms with Crippen molar-refractivity contribution in [2.24, 2.45) is 0 Å². The number of anilines is 1. The lowest BCUT2D eigenvalue weighted by Gasteiger charge is -2.28. The number of nitrogens with zero attached hydrogens (tertiary/aromatic N) is 1. The van der Waals surface area contributed by atoms with Gasteiger partial charge in [0.15, 0.2) is 0 Å². The largest absolute Gasteiger partial charge is 0.325 e. The van der Waals surface area contributed by atoms with Gasteiger partial charge in [-0.2, -0.15) is 0 Å². The van der Waals surface area contributed by atoms with Gasteiger partial charge >= 0.3 is 0 Å². The van der Waals surface area contributed by atoms with Crippen molar-refractivity contribution in [3.05, 3.63) is 71.1 Å². The quantitative estimate of drug-likeness (QED) is 0.857. The summed E-state index contributed by atoms with van der Waals surface area (Å²) in [5, 5.41) is 4.83. The summed E-state index contributed by atoms with van der Waals surface area (Å²) >= 11 is 1.46. The van der Waals surface area contributed by atoms with Crippen LogP contribution in [0.3, 0.4) is 0 Å². The van der Waals surface area contributed by atoms with Crippen LogP contribution in [-0.4, -0.2) is 29.0 Å². The molecule has 0 unspecified atom stereocenters. The summed E-state index contributed by atoms with van der Waals surface area (Å²) < 4.78 is 0. The fraction of sp³-hybridized carbons (Fsp3) is 0.238. The van der Waals surface area contributed by atoms with Crippen LogP contribution >= 0.6 is 11.8 Å². The molecule has 0 saturated carbocycles. The summed E-state index contributed by atoms with van der Waals surface area (Å²) in [6.07, 6.45) is 0. The Morgan fingerprint density at radius 2 is 1.81 bits per heavy atom. The third-order valence-electron chi connectivity index (χ3n) is 4.23. The molecule has 0 aromatic heterocycles. The van der Waals surface area contributed by atoms with Crippen LogP contribution in [0.25, 0.3) is 5.70 Å². The predicted molar refractivity (Wildman–Crippen MR) is 108 cm³/mol. The van der Waals surface area contributed by atoms with Gasteiger partial charge in [0.2, 0.25) is 11.8 Å². The van der Waals surface area contributed by atoms with E-state index in [1.165, 1.54) is 17.3 Å². The Morgan fingerprint density at radius 3 is 2.46 bits per heavy atom. The minimum atomic E-state index is -0.204. The van der Waals surface area contributed by atoms with E-state index < -0.39 is 0 Å². The van der Waals surface area contributed by atoms with Gasteiger partial charge in [-0.25, -0.2) is 0 Å². The molecule has 0 radical (unpaired) electrons. The minimum Gasteiger partial charge on any atom is -0.325 e. The molecule has 1 aliphatic heterocycles. The van der Waals surface area contributed by atoms with Crippen molar-refractivity contribution in [2.75, 3.05) is 17.6 Å². The van der Waals surface area contributed by atoms with Gasteiger partial charge in [-0.1, -0.05) is 56.3 Å². The van der Waals surface area contributed by atoms with Crippen molar-refractivity contribution in [3.63, 3.8) is 0 Å². The lowest BCUT2D eigenvalue weighted by Crippen LogP contribution is -2.39. The number of rotatable bonds is 5. The molecule has 0 spiro atoms. The van der Waals surface area contributed by atoms with Gasteiger partial charge in [-0.05, 0) is 34.6 Å². The van der Waals surface area contributed by atoms with Gasteiger partial charge in [-0.3, -0.25) is 9.59 Å². The normalized spacial score (nSPS) is 14.3. The SMILES string of the molecule is CC(C)c1ccc(NC(=O)CN2C(=O)CSC=C2c2ccccc2)cc1. The van der Waals surface area contributed by atoms with Crippen LogP contribution < -0.4 is 5.32 Å². The molecule has 0 fully saturated rings. The lowest BCUT2D eigenvalue weighted by molar-refractivity contribution is -0.129. The highest BCUT2D eigenvalue weighted by Gasteiger charge is 2.25. The van der Waals surface area contributed by atoms with E-state index in [0.717, 1.165) is 16.9 Å². The number of carbonyl (C=O) groups is 2. The third kappa shape index (κ3) is 4.35. The zero-order chi connectivity index (χ0) is 18.5. The molecule has 5 heteroatoms. The smallest absolute Gasteiger partial charge is 0.244 e. The topological polar surface area (TPSA) is 49.4 Å². The Kier molecular flexibility index (Phi) is 5.78. The van der Waals surface area contributed by atoms with Crippen molar-refractivity contribution >= 4 is 35.0 Å². The van der Waals surface area contributed by atoms with E-state index in [-0.39, 0.29) is 18.4 Å². The Morgan fingerprint density at radius 1 is 1.12 bits per heavy atom. The second-order valence-corrected chi connectivity index (χ2v) is 7.34. The summed E-state index contributed by atoms with van der Waals surface area (Å²) in [6, 6.07) is 17.5. The van der Waals surface area contributed by atoms with Crippen LogP contribution in [0, 0.1) is 0 Å². The van der Waals surface area contributed by atoms with Gasteiger partial charge in [0.25, 0.3) is 0 Å². The van der Waals surface area contributed by atoms with Crippen molar-refractivity contribution in [2.45, 2.75) is 19.8 Å². The van der Waals surface area contributed by atoms with E-state index in [1.807, 2.05) is 60.0 Å². The van der Waals surface area contributed by atoms with E-state index >= 15 is 0 Å². The first-order chi connectivity index (χ1) is 12.5. The van der Waals surface area contributed by atoms with Crippen LogP contribution in [-0.2, 0) is 9.59 Å². The molecule has 0 aliphatic carbocycles. The molecule has 3 rings (SSSR count). The maximum absolute atomic E-state index is 12.5. The van der Waals surface area contributed by atoms with Gasteiger partial charge in [-0.15, -0.1) is 11.8 Å². The highest BCUT2D eigenvalue weighted by molar-refractivity contribution is 8.03. The van der Waals surface area contributed by atoms with Gasteiger partial charge < -0.3 is 10.2 Å². The molecule has 2 amide bonds. The third-order valence-corrected chi connectivity index (χ3v) is 5.03. The van der Waals surface area contributed by atoms with Crippen LogP contribution in [0.5, 0.6) is 0 Å². The molecule has 26 heavy (non-hydrogen) atoms. The number of thioether (sulfide) groups is 1. The van der Waals surface area contributed by atoms with Gasteiger partial charge in [0.1, 0.15) is 6.54 Å². The zero-order valence-electron chi connectivity index (χ0n) is 14.9. The Labute approximate surface area is 158 Å². The summed E-state index contributed by atoms with van der Waals surface area (Å²) in [6.45, 7) is 4.27. The highest BCUT2D eigenvalue weighted by Crippen LogP contribution is 2.28. The van der Waals surface area contributed by atoms with Crippen molar-refractivity contribution in [3.8, 4) is 0 Å². The van der Waals surface area contributed by atoms with Crippen LogP contribution in [0.2, 0.25) is 0 Å². The van der Waals surface area contributed by atoms with E-state index in [0.29, 0.717) is 11.7 Å². The standard InChI is InChI=1S/C21H22N2O2S/c1-15(2)16-8-10-18(11-9-16)22-20(24)12-23-19(13-26-14-21(23)25)17-6-4-3-5-7-17/h3-11,13,15H,12,14H2,1-2H3,(H,22,24). The Balaban J connectivity index is 1.71. The Bertz CT molecular complexity index is 814. The molecule has 0 atom stereocenters. The molecule has 4 nitrogen and oxygen atoms in total. The number of nitrogens with one attached hydrogen (secondary N) is 1. The Hall–Kier alpha value is -2.53. The maximum Gasteiger partial charge on any atom is 0.244 e. The number of carbonyl (C=O) groups excluding carboxylic acids is 2. The van der Waals surface area contributed by atoms with E-state index in [2.05, 4.69) is 19.2 Å². The minimum absolute atomic E-state index is 0.00600. The van der Waals surface area contributed by atoms with E-state index in [9.17, 15) is 9.59 Å². The van der Waals surface area contributed by atoms with Crippen molar-refractivity contribution in [1.29, 1.82) is 0 Å². The highest BCUT2D eigenvalue weighted by atomic mass is 32.2. The number of benzene rings is 2. The molecule has 0 saturated heterocycles. The summed E-state index contributed by atoms with van der Waals surface area (Å²) in [7, 11) is 0. The number of hydrogen-bond acceptors (Lipinski definition) is 3. The monoisotopic (exact) mass is 366 g/mol. The maximum atomic E-state index is 12.5. The molecule has 1 aliphatic rings. The lowest BCUT2D eigenvalue weighted by atomic mass is 10.0. The summed E-state index contributed by atoms with van der Waals surface area (Å²) in [5.74, 6) is 0.542. The summed E-state index contributed by atoms with van der Waals surface area (Å²) in [4.78, 5) is 26.4. The van der Waals surface area contributed by atoms with Gasteiger partial charge in [0.05, 0.1) is 11.4 Å². The fourth-order valence-electron chi connectivity index (χ4n) is 2.77. The van der Waals surface area contributed by atoms with E-state index in [1.54, 1.807) is 4.90 Å². The molecule has 2 aromatic carbocycles. The molecular weight excluding hydrogens is 344 g/mol. The van der Waals surface area contributed by atoms with E-state index in [4.69, 9.17) is 0 Å². The molecule has 134 valence electrons. The average Bonchev–Trinajstić information content (AvgIpc) is 2.64. The number of amides is 2. The van der Waals surface area contributed by atoms with Crippen LogP contribution in [0.15, 0.2) is 60.0 Å². The molecule has 1 heterocycles. The zero-order valence-corrected chi connectivity index (χ0v) is 15.8. The van der Waals surface area contributed by atoms with Crippen LogP contribution in [0.4, 0.5) is 5.69 Å². The van der Waals surface area contributed by atoms with Crippen molar-refractivity contribution in [1.82, 2.24) is 4.90 Å². The first kappa shape index (κ1) is 18.3. The van der Waals surface area contributed by atoms with Crippen molar-refractivity contribution < 1.29 is 9.59 Å². The predicted octanol–water partition coefficient (Wildman–Crippen LogP) is 4.32. The van der Waals surface area contributed by atoms with Crippen LogP contribution in [0.1, 0.15) is 30.9 Å².